The Morgan fingerprint density at radius 1 is 0.971 bits per heavy atom. The summed E-state index contributed by atoms with van der Waals surface area (Å²) in [6, 6.07) is 28.0. The second kappa shape index (κ2) is 9.25. The fourth-order valence-corrected chi connectivity index (χ4v) is 6.22. The van der Waals surface area contributed by atoms with Gasteiger partial charge in [-0.15, -0.1) is 11.8 Å². The summed E-state index contributed by atoms with van der Waals surface area (Å²) in [5.74, 6) is 0.377. The molecular formula is C28H33BN4S. The summed E-state index contributed by atoms with van der Waals surface area (Å²) in [5, 5.41) is 8.51. The highest BCUT2D eigenvalue weighted by Crippen LogP contribution is 2.52. The molecule has 5 rings (SSSR count). The van der Waals surface area contributed by atoms with Gasteiger partial charge in [0.2, 0.25) is 0 Å². The molecule has 2 aliphatic heterocycles. The molecule has 2 N–H and O–H groups in total. The maximum Gasteiger partial charge on any atom is 0.187 e. The van der Waals surface area contributed by atoms with Crippen LogP contribution in [-0.2, 0) is 0 Å². The van der Waals surface area contributed by atoms with Crippen molar-refractivity contribution in [3.05, 3.63) is 95.6 Å². The van der Waals surface area contributed by atoms with E-state index in [1.54, 1.807) is 0 Å². The third-order valence-electron chi connectivity index (χ3n) is 7.05. The zero-order chi connectivity index (χ0) is 23.9. The van der Waals surface area contributed by atoms with E-state index in [0.29, 0.717) is 22.6 Å². The fraction of sp³-hybridized carbons (Fsp3) is 0.321. The van der Waals surface area contributed by atoms with Crippen LogP contribution in [-0.4, -0.2) is 47.9 Å². The lowest BCUT2D eigenvalue weighted by atomic mass is 9.92. The lowest BCUT2D eigenvalue weighted by Crippen LogP contribution is -2.36. The molecule has 0 bridgehead atoms. The van der Waals surface area contributed by atoms with Gasteiger partial charge in [-0.1, -0.05) is 86.6 Å². The molecule has 4 atom stereocenters. The third-order valence-corrected chi connectivity index (χ3v) is 8.30. The fourth-order valence-electron chi connectivity index (χ4n) is 4.98. The van der Waals surface area contributed by atoms with E-state index in [-0.39, 0.29) is 5.66 Å². The van der Waals surface area contributed by atoms with E-state index in [1.807, 2.05) is 11.8 Å². The Hall–Kier alpha value is -2.54. The van der Waals surface area contributed by atoms with Gasteiger partial charge in [0.1, 0.15) is 0 Å². The quantitative estimate of drug-likeness (QED) is 0.291. The van der Waals surface area contributed by atoms with Crippen LogP contribution < -0.4 is 10.6 Å². The number of aliphatic imine (C=N–C) groups is 1. The Balaban J connectivity index is 1.60. The molecule has 0 aromatic heterocycles. The monoisotopic (exact) mass is 468 g/mol. The van der Waals surface area contributed by atoms with Crippen molar-refractivity contribution in [1.82, 2.24) is 10.1 Å². The van der Waals surface area contributed by atoms with Crippen LogP contribution in [0.5, 0.6) is 0 Å². The molecule has 0 amide bonds. The van der Waals surface area contributed by atoms with Crippen LogP contribution in [0.2, 0.25) is 0 Å². The zero-order valence-corrected chi connectivity index (χ0v) is 21.4. The van der Waals surface area contributed by atoms with Gasteiger partial charge in [-0.05, 0) is 25.6 Å². The number of nitrogens with one attached hydrogen (secondary N) is 2. The second-order valence-corrected chi connectivity index (χ2v) is 11.6. The van der Waals surface area contributed by atoms with Crippen molar-refractivity contribution >= 4 is 36.8 Å². The highest BCUT2D eigenvalue weighted by molar-refractivity contribution is 8.00. The van der Waals surface area contributed by atoms with E-state index >= 15 is 0 Å². The van der Waals surface area contributed by atoms with E-state index in [0.717, 1.165) is 22.5 Å². The summed E-state index contributed by atoms with van der Waals surface area (Å²) in [5.41, 5.74) is 6.80. The van der Waals surface area contributed by atoms with Crippen molar-refractivity contribution in [3.63, 3.8) is 0 Å². The Bertz CT molecular complexity index is 1140. The first kappa shape index (κ1) is 23.2. The van der Waals surface area contributed by atoms with Gasteiger partial charge >= 0.3 is 0 Å². The first-order valence-corrected chi connectivity index (χ1v) is 13.0. The largest absolute Gasteiger partial charge is 0.371 e. The maximum absolute atomic E-state index is 5.28. The number of fused-ring (bicyclic) bond motifs is 1. The molecule has 1 saturated heterocycles. The molecule has 174 valence electrons. The number of hydrogen-bond acceptors (Lipinski definition) is 5. The van der Waals surface area contributed by atoms with E-state index in [4.69, 9.17) is 4.99 Å². The molecule has 0 aliphatic carbocycles. The number of anilines is 1. The Kier molecular flexibility index (Phi) is 6.32. The average Bonchev–Trinajstić information content (AvgIpc) is 3.39. The predicted octanol–water partition coefficient (Wildman–Crippen LogP) is 5.00. The lowest BCUT2D eigenvalue weighted by molar-refractivity contribution is 0.368. The number of hydrogen-bond donors (Lipinski definition) is 2. The van der Waals surface area contributed by atoms with Crippen LogP contribution >= 0.6 is 11.8 Å². The molecule has 2 heterocycles. The van der Waals surface area contributed by atoms with E-state index in [1.165, 1.54) is 11.3 Å². The molecular weight excluding hydrogens is 435 g/mol. The Labute approximate surface area is 208 Å². The topological polar surface area (TPSA) is 49.6 Å². The van der Waals surface area contributed by atoms with Crippen molar-refractivity contribution in [2.24, 2.45) is 4.99 Å². The van der Waals surface area contributed by atoms with Gasteiger partial charge in [-0.3, -0.25) is 5.32 Å². The first-order valence-electron chi connectivity index (χ1n) is 12.1. The van der Waals surface area contributed by atoms with Crippen molar-refractivity contribution in [2.75, 3.05) is 12.4 Å². The van der Waals surface area contributed by atoms with E-state index in [2.05, 4.69) is 130 Å². The van der Waals surface area contributed by atoms with Crippen LogP contribution in [0, 0.1) is 0 Å². The highest BCUT2D eigenvalue weighted by atomic mass is 32.2. The maximum atomic E-state index is 5.28. The van der Waals surface area contributed by atoms with Gasteiger partial charge in [-0.2, -0.15) is 0 Å². The van der Waals surface area contributed by atoms with Gasteiger partial charge < -0.3 is 10.1 Å². The molecule has 3 aromatic rings. The second-order valence-electron chi connectivity index (χ2n) is 9.87. The lowest BCUT2D eigenvalue weighted by Gasteiger charge is -2.25. The van der Waals surface area contributed by atoms with Crippen LogP contribution in [0.4, 0.5) is 11.4 Å². The van der Waals surface area contributed by atoms with Gasteiger partial charge in [0.25, 0.3) is 0 Å². The number of thioether (sulfide) groups is 1. The SMILES string of the molecule is BN(C)[C@]1(C)NC1C1c2cccc(N=C(c3ccccc3)c3ccccc3)c2NC1SC(C)C. The molecule has 6 heteroatoms. The number of nitrogens with zero attached hydrogens (tertiary/aromatic N) is 2. The smallest absolute Gasteiger partial charge is 0.187 e. The van der Waals surface area contributed by atoms with Gasteiger partial charge in [-0.25, -0.2) is 4.99 Å². The van der Waals surface area contributed by atoms with E-state index in [9.17, 15) is 0 Å². The summed E-state index contributed by atoms with van der Waals surface area (Å²) in [6.45, 7) is 6.86. The molecule has 34 heavy (non-hydrogen) atoms. The summed E-state index contributed by atoms with van der Waals surface area (Å²) in [4.78, 5) is 7.59. The highest BCUT2D eigenvalue weighted by Gasteiger charge is 2.58. The van der Waals surface area contributed by atoms with Crippen LogP contribution in [0.1, 0.15) is 43.4 Å². The van der Waals surface area contributed by atoms with Crippen LogP contribution in [0.15, 0.2) is 83.9 Å². The molecule has 1 fully saturated rings. The van der Waals surface area contributed by atoms with E-state index < -0.39 is 0 Å². The van der Waals surface area contributed by atoms with Crippen LogP contribution in [0.25, 0.3) is 0 Å². The number of likely N-dealkylation sites (N-methyl/N-ethyl adjacent to an activating group) is 1. The summed E-state index contributed by atoms with van der Waals surface area (Å²) in [7, 11) is 4.32. The number of benzene rings is 3. The van der Waals surface area contributed by atoms with Crippen LogP contribution in [0.3, 0.4) is 0 Å². The molecule has 2 aliphatic rings. The standard InChI is InChI=1S/C28H33BN4S/c1-18(2)34-27-23(26-28(3,32-26)33(4)29)21-16-11-17-22(25(21)31-27)30-24(19-12-7-5-8-13-19)20-14-9-6-10-15-20/h5-18,23,26-27,31-32H,29H2,1-4H3/t23?,26?,27?,28-/m0/s1. The average molecular weight is 468 g/mol. The minimum atomic E-state index is 0.0161. The molecule has 4 nitrogen and oxygen atoms in total. The van der Waals surface area contributed by atoms with Crippen molar-refractivity contribution < 1.29 is 0 Å². The van der Waals surface area contributed by atoms with Gasteiger partial charge in [0, 0.05) is 28.3 Å². The first-order chi connectivity index (χ1) is 16.4. The Morgan fingerprint density at radius 3 is 2.12 bits per heavy atom. The summed E-state index contributed by atoms with van der Waals surface area (Å²) >= 11 is 2.01. The minimum Gasteiger partial charge on any atom is -0.371 e. The van der Waals surface area contributed by atoms with Crippen molar-refractivity contribution in [2.45, 2.75) is 49.0 Å². The van der Waals surface area contributed by atoms with Gasteiger partial charge in [0.15, 0.2) is 7.98 Å². The predicted molar refractivity (Wildman–Crippen MR) is 149 cm³/mol. The molecule has 3 unspecified atom stereocenters. The molecule has 0 radical (unpaired) electrons. The zero-order valence-electron chi connectivity index (χ0n) is 20.6. The van der Waals surface area contributed by atoms with Crippen molar-refractivity contribution in [3.8, 4) is 0 Å². The summed E-state index contributed by atoms with van der Waals surface area (Å²) < 4.78 is 0. The minimum absolute atomic E-state index is 0.0161. The number of rotatable bonds is 7. The molecule has 3 aromatic carbocycles. The summed E-state index contributed by atoms with van der Waals surface area (Å²) in [6.07, 6.45) is 0. The normalized spacial score (nSPS) is 25.2. The third kappa shape index (κ3) is 4.31. The Morgan fingerprint density at radius 2 is 1.59 bits per heavy atom. The van der Waals surface area contributed by atoms with Gasteiger partial charge in [0.05, 0.1) is 28.1 Å². The molecule has 0 spiro atoms. The number of para-hydroxylation sites is 1. The van der Waals surface area contributed by atoms with Crippen molar-refractivity contribution in [1.29, 1.82) is 0 Å². The molecule has 0 saturated carbocycles.